The van der Waals surface area contributed by atoms with Crippen molar-refractivity contribution >= 4 is 18.0 Å². The Balaban J connectivity index is 2.20. The number of nitrogens with one attached hydrogen (secondary N) is 1. The predicted octanol–water partition coefficient (Wildman–Crippen LogP) is 2.51. The number of rotatable bonds is 5. The van der Waals surface area contributed by atoms with Crippen molar-refractivity contribution < 1.29 is 18.7 Å². The summed E-state index contributed by atoms with van der Waals surface area (Å²) in [7, 11) is 0. The SMILES string of the molecule is N#C/C(=C/c1ccccc1OCc1ccc(F)cc1)C(=O)NC(N)=O. The van der Waals surface area contributed by atoms with Crippen LogP contribution >= 0.6 is 0 Å². The first-order chi connectivity index (χ1) is 12.0. The number of nitriles is 1. The second kappa shape index (κ2) is 8.26. The Morgan fingerprint density at radius 2 is 1.88 bits per heavy atom. The number of imide groups is 1. The molecule has 0 radical (unpaired) electrons. The third-order valence-electron chi connectivity index (χ3n) is 3.13. The normalized spacial score (nSPS) is 10.6. The number of amides is 3. The molecule has 7 heteroatoms. The smallest absolute Gasteiger partial charge is 0.319 e. The molecule has 3 amide bonds. The molecule has 0 aliphatic rings. The van der Waals surface area contributed by atoms with Crippen molar-refractivity contribution in [2.24, 2.45) is 5.73 Å². The molecule has 0 aliphatic heterocycles. The van der Waals surface area contributed by atoms with Crippen LogP contribution in [0.1, 0.15) is 11.1 Å². The molecule has 0 saturated heterocycles. The number of benzene rings is 2. The summed E-state index contributed by atoms with van der Waals surface area (Å²) in [6.07, 6.45) is 1.29. The number of ether oxygens (including phenoxy) is 1. The molecule has 2 rings (SSSR count). The molecule has 0 heterocycles. The number of para-hydroxylation sites is 1. The Hall–Kier alpha value is -3.66. The molecule has 2 aromatic carbocycles. The predicted molar refractivity (Wildman–Crippen MR) is 88.5 cm³/mol. The quantitative estimate of drug-likeness (QED) is 0.645. The van der Waals surface area contributed by atoms with E-state index >= 15 is 0 Å². The Labute approximate surface area is 143 Å². The third-order valence-corrected chi connectivity index (χ3v) is 3.13. The van der Waals surface area contributed by atoms with Gasteiger partial charge in [-0.05, 0) is 29.8 Å². The fourth-order valence-electron chi connectivity index (χ4n) is 1.96. The van der Waals surface area contributed by atoms with Gasteiger partial charge in [0.25, 0.3) is 5.91 Å². The van der Waals surface area contributed by atoms with Crippen LogP contribution in [0, 0.1) is 17.1 Å². The van der Waals surface area contributed by atoms with E-state index < -0.39 is 11.9 Å². The van der Waals surface area contributed by atoms with E-state index in [-0.39, 0.29) is 18.0 Å². The summed E-state index contributed by atoms with van der Waals surface area (Å²) >= 11 is 0. The second-order valence-corrected chi connectivity index (χ2v) is 4.94. The minimum atomic E-state index is -1.05. The molecule has 3 N–H and O–H groups in total. The standard InChI is InChI=1S/C18H14FN3O3/c19-15-7-5-12(6-8-15)11-25-16-4-2-1-3-13(16)9-14(10-20)17(23)22-18(21)24/h1-9H,11H2,(H3,21,22,23,24)/b14-9-. The van der Waals surface area contributed by atoms with Crippen molar-refractivity contribution in [3.05, 3.63) is 71.0 Å². The monoisotopic (exact) mass is 339 g/mol. The third kappa shape index (κ3) is 5.18. The highest BCUT2D eigenvalue weighted by Crippen LogP contribution is 2.22. The van der Waals surface area contributed by atoms with Gasteiger partial charge < -0.3 is 10.5 Å². The number of urea groups is 1. The van der Waals surface area contributed by atoms with Crippen molar-refractivity contribution in [3.63, 3.8) is 0 Å². The lowest BCUT2D eigenvalue weighted by molar-refractivity contribution is -0.115. The largest absolute Gasteiger partial charge is 0.488 e. The highest BCUT2D eigenvalue weighted by molar-refractivity contribution is 6.08. The number of carbonyl (C=O) groups excluding carboxylic acids is 2. The molecule has 0 aromatic heterocycles. The van der Waals surface area contributed by atoms with Crippen molar-refractivity contribution in [2.45, 2.75) is 6.61 Å². The maximum Gasteiger partial charge on any atom is 0.319 e. The molecule has 0 aliphatic carbocycles. The zero-order valence-corrected chi connectivity index (χ0v) is 13.0. The molecular weight excluding hydrogens is 325 g/mol. The van der Waals surface area contributed by atoms with Crippen LogP contribution in [-0.2, 0) is 11.4 Å². The first-order valence-electron chi connectivity index (χ1n) is 7.18. The molecule has 25 heavy (non-hydrogen) atoms. The van der Waals surface area contributed by atoms with Gasteiger partial charge in [-0.25, -0.2) is 9.18 Å². The molecule has 2 aromatic rings. The number of primary amides is 1. The summed E-state index contributed by atoms with van der Waals surface area (Å²) in [5.41, 5.74) is 5.81. The average molecular weight is 339 g/mol. The van der Waals surface area contributed by atoms with Crippen LogP contribution in [0.3, 0.4) is 0 Å². The lowest BCUT2D eigenvalue weighted by Gasteiger charge is -2.09. The van der Waals surface area contributed by atoms with Crippen molar-refractivity contribution in [1.82, 2.24) is 5.32 Å². The van der Waals surface area contributed by atoms with Crippen LogP contribution in [0.15, 0.2) is 54.1 Å². The van der Waals surface area contributed by atoms with Crippen LogP contribution in [0.5, 0.6) is 5.75 Å². The highest BCUT2D eigenvalue weighted by atomic mass is 19.1. The number of nitrogens with two attached hydrogens (primary N) is 1. The van der Waals surface area contributed by atoms with Crippen molar-refractivity contribution in [2.75, 3.05) is 0 Å². The lowest BCUT2D eigenvalue weighted by Crippen LogP contribution is -2.35. The van der Waals surface area contributed by atoms with Gasteiger partial charge in [-0.3, -0.25) is 10.1 Å². The molecular formula is C18H14FN3O3. The number of halogens is 1. The van der Waals surface area contributed by atoms with Gasteiger partial charge in [-0.2, -0.15) is 5.26 Å². The van der Waals surface area contributed by atoms with Gasteiger partial charge in [0, 0.05) is 5.56 Å². The van der Waals surface area contributed by atoms with E-state index in [1.54, 1.807) is 42.5 Å². The zero-order chi connectivity index (χ0) is 18.2. The van der Waals surface area contributed by atoms with E-state index in [9.17, 15) is 14.0 Å². The van der Waals surface area contributed by atoms with E-state index in [0.717, 1.165) is 5.56 Å². The van der Waals surface area contributed by atoms with E-state index in [0.29, 0.717) is 11.3 Å². The zero-order valence-electron chi connectivity index (χ0n) is 13.0. The van der Waals surface area contributed by atoms with Crippen LogP contribution in [0.2, 0.25) is 0 Å². The van der Waals surface area contributed by atoms with Crippen molar-refractivity contribution in [1.29, 1.82) is 5.26 Å². The van der Waals surface area contributed by atoms with E-state index in [1.807, 2.05) is 5.32 Å². The number of nitrogens with zero attached hydrogens (tertiary/aromatic N) is 1. The van der Waals surface area contributed by atoms with E-state index in [1.165, 1.54) is 18.2 Å². The fourth-order valence-corrected chi connectivity index (χ4v) is 1.96. The summed E-state index contributed by atoms with van der Waals surface area (Å²) in [5.74, 6) is -0.819. The Morgan fingerprint density at radius 3 is 2.52 bits per heavy atom. The van der Waals surface area contributed by atoms with Gasteiger partial charge in [-0.15, -0.1) is 0 Å². The maximum absolute atomic E-state index is 12.9. The molecule has 6 nitrogen and oxygen atoms in total. The van der Waals surface area contributed by atoms with Crippen LogP contribution in [0.25, 0.3) is 6.08 Å². The molecule has 0 spiro atoms. The number of hydrogen-bond acceptors (Lipinski definition) is 4. The topological polar surface area (TPSA) is 105 Å². The molecule has 0 unspecified atom stereocenters. The van der Waals surface area contributed by atoms with Gasteiger partial charge >= 0.3 is 6.03 Å². The first kappa shape index (κ1) is 17.7. The lowest BCUT2D eigenvalue weighted by atomic mass is 10.1. The van der Waals surface area contributed by atoms with Crippen molar-refractivity contribution in [3.8, 4) is 11.8 Å². The van der Waals surface area contributed by atoms with E-state index in [2.05, 4.69) is 0 Å². The molecule has 0 fully saturated rings. The van der Waals surface area contributed by atoms with E-state index in [4.69, 9.17) is 15.7 Å². The average Bonchev–Trinajstić information content (AvgIpc) is 2.59. The van der Waals surface area contributed by atoms with Gasteiger partial charge in [-0.1, -0.05) is 30.3 Å². The van der Waals surface area contributed by atoms with Crippen LogP contribution in [-0.4, -0.2) is 11.9 Å². The summed E-state index contributed by atoms with van der Waals surface area (Å²) in [4.78, 5) is 22.5. The minimum Gasteiger partial charge on any atom is -0.488 e. The summed E-state index contributed by atoms with van der Waals surface area (Å²) in [6, 6.07) is 13.2. The molecule has 0 saturated carbocycles. The maximum atomic E-state index is 12.9. The fraction of sp³-hybridized carbons (Fsp3) is 0.0556. The summed E-state index contributed by atoms with van der Waals surface area (Å²) in [5, 5.41) is 10.9. The minimum absolute atomic E-state index is 0.181. The number of hydrogen-bond donors (Lipinski definition) is 2. The molecule has 126 valence electrons. The van der Waals surface area contributed by atoms with Crippen LogP contribution < -0.4 is 15.8 Å². The van der Waals surface area contributed by atoms with Gasteiger partial charge in [0.15, 0.2) is 0 Å². The van der Waals surface area contributed by atoms with Gasteiger partial charge in [0.05, 0.1) is 0 Å². The number of carbonyl (C=O) groups is 2. The Morgan fingerprint density at radius 1 is 1.20 bits per heavy atom. The second-order valence-electron chi connectivity index (χ2n) is 4.94. The molecule has 0 atom stereocenters. The first-order valence-corrected chi connectivity index (χ1v) is 7.18. The summed E-state index contributed by atoms with van der Waals surface area (Å²) < 4.78 is 18.6. The van der Waals surface area contributed by atoms with Crippen LogP contribution in [0.4, 0.5) is 9.18 Å². The highest BCUT2D eigenvalue weighted by Gasteiger charge is 2.12. The van der Waals surface area contributed by atoms with Gasteiger partial charge in [0.2, 0.25) is 0 Å². The Bertz CT molecular complexity index is 855. The van der Waals surface area contributed by atoms with Gasteiger partial charge in [0.1, 0.15) is 29.8 Å². The summed E-state index contributed by atoms with van der Waals surface area (Å²) in [6.45, 7) is 0.181. The Kier molecular flexibility index (Phi) is 5.85. The molecule has 0 bridgehead atoms.